The Hall–Kier alpha value is -0.0400. The van der Waals surface area contributed by atoms with Crippen LogP contribution in [-0.2, 0) is 0 Å². The van der Waals surface area contributed by atoms with Crippen LogP contribution in [-0.4, -0.2) is 37.7 Å². The summed E-state index contributed by atoms with van der Waals surface area (Å²) in [5.41, 5.74) is 0.178. The Labute approximate surface area is 143 Å². The molecule has 0 aromatic rings. The molecular weight excluding hydrogens is 363 g/mol. The van der Waals surface area contributed by atoms with E-state index in [-0.39, 0.29) is 29.5 Å². The van der Waals surface area contributed by atoms with E-state index >= 15 is 0 Å². The first-order chi connectivity index (χ1) is 8.99. The van der Waals surface area contributed by atoms with E-state index in [2.05, 4.69) is 55.6 Å². The molecule has 0 heterocycles. The van der Waals surface area contributed by atoms with Crippen molar-refractivity contribution in [1.82, 2.24) is 16.0 Å². The smallest absolute Gasteiger partial charge is 0.191 e. The van der Waals surface area contributed by atoms with Crippen molar-refractivity contribution < 1.29 is 0 Å². The molecule has 0 unspecified atom stereocenters. The lowest BCUT2D eigenvalue weighted by Gasteiger charge is -2.21. The number of nitrogens with one attached hydrogen (secondary N) is 3. The van der Waals surface area contributed by atoms with Crippen LogP contribution in [0.3, 0.4) is 0 Å². The summed E-state index contributed by atoms with van der Waals surface area (Å²) in [6.45, 7) is 14.6. The molecule has 0 rings (SSSR count). The fourth-order valence-electron chi connectivity index (χ4n) is 1.69. The van der Waals surface area contributed by atoms with Gasteiger partial charge in [0.05, 0.1) is 0 Å². The van der Waals surface area contributed by atoms with Crippen LogP contribution in [0.4, 0.5) is 0 Å². The van der Waals surface area contributed by atoms with Crippen LogP contribution in [0, 0.1) is 0 Å². The molecule has 0 aromatic carbocycles. The molecular formula is C15H35IN4. The molecule has 0 aliphatic heterocycles. The average Bonchev–Trinajstić information content (AvgIpc) is 2.33. The molecule has 3 N–H and O–H groups in total. The predicted octanol–water partition coefficient (Wildman–Crippen LogP) is 3.13. The van der Waals surface area contributed by atoms with Crippen molar-refractivity contribution in [3.05, 3.63) is 0 Å². The lowest BCUT2D eigenvalue weighted by Crippen LogP contribution is -2.44. The molecule has 0 bridgehead atoms. The normalized spacial score (nSPS) is 11.9. The molecule has 0 atom stereocenters. The monoisotopic (exact) mass is 398 g/mol. The van der Waals surface area contributed by atoms with Gasteiger partial charge in [-0.2, -0.15) is 0 Å². The first-order valence-electron chi connectivity index (χ1n) is 7.76. The Bertz CT molecular complexity index is 237. The summed E-state index contributed by atoms with van der Waals surface area (Å²) in [5.74, 6) is 0.940. The second-order valence-corrected chi connectivity index (χ2v) is 5.92. The third-order valence-corrected chi connectivity index (χ3v) is 2.70. The molecule has 0 fully saturated rings. The van der Waals surface area contributed by atoms with Gasteiger partial charge in [-0.05, 0) is 34.1 Å². The van der Waals surface area contributed by atoms with Gasteiger partial charge in [0.1, 0.15) is 0 Å². The largest absolute Gasteiger partial charge is 0.357 e. The fourth-order valence-corrected chi connectivity index (χ4v) is 1.69. The van der Waals surface area contributed by atoms with Crippen LogP contribution < -0.4 is 16.0 Å². The minimum absolute atomic E-state index is 0. The van der Waals surface area contributed by atoms with E-state index in [0.29, 0.717) is 0 Å². The number of hydrogen-bond donors (Lipinski definition) is 3. The summed E-state index contributed by atoms with van der Waals surface area (Å²) >= 11 is 0. The van der Waals surface area contributed by atoms with E-state index in [0.717, 1.165) is 32.1 Å². The van der Waals surface area contributed by atoms with Crippen LogP contribution in [0.2, 0.25) is 0 Å². The van der Waals surface area contributed by atoms with Gasteiger partial charge in [-0.25, -0.2) is 0 Å². The number of halogens is 1. The lowest BCUT2D eigenvalue weighted by molar-refractivity contribution is 0.428. The number of nitrogens with zero attached hydrogens (tertiary/aromatic N) is 1. The van der Waals surface area contributed by atoms with Crippen molar-refractivity contribution in [1.29, 1.82) is 0 Å². The van der Waals surface area contributed by atoms with Crippen molar-refractivity contribution in [2.75, 3.05) is 26.2 Å². The van der Waals surface area contributed by atoms with Gasteiger partial charge >= 0.3 is 0 Å². The molecule has 4 nitrogen and oxygen atoms in total. The zero-order valence-corrected chi connectivity index (χ0v) is 16.3. The van der Waals surface area contributed by atoms with E-state index in [1.165, 1.54) is 25.7 Å². The number of guanidine groups is 1. The maximum absolute atomic E-state index is 4.59. The van der Waals surface area contributed by atoms with Gasteiger partial charge < -0.3 is 16.0 Å². The number of unbranched alkanes of at least 4 members (excludes halogenated alkanes) is 3. The molecule has 0 aliphatic rings. The Kier molecular flexibility index (Phi) is 15.5. The highest BCUT2D eigenvalue weighted by atomic mass is 127. The molecule has 122 valence electrons. The zero-order valence-electron chi connectivity index (χ0n) is 14.0. The van der Waals surface area contributed by atoms with Crippen LogP contribution in [0.5, 0.6) is 0 Å². The third-order valence-electron chi connectivity index (χ3n) is 2.70. The highest BCUT2D eigenvalue weighted by Crippen LogP contribution is 1.98. The summed E-state index contributed by atoms with van der Waals surface area (Å²) in [6.07, 6.45) is 5.06. The van der Waals surface area contributed by atoms with Gasteiger partial charge in [-0.15, -0.1) is 24.0 Å². The number of rotatable bonds is 9. The first kappa shape index (κ1) is 22.2. The zero-order chi connectivity index (χ0) is 14.6. The maximum atomic E-state index is 4.59. The maximum Gasteiger partial charge on any atom is 0.191 e. The van der Waals surface area contributed by atoms with E-state index in [4.69, 9.17) is 0 Å². The molecule has 0 amide bonds. The standard InChI is InChI=1S/C15H34N4.HI/c1-6-8-9-10-11-17-14(16-7-2)18-12-13-19-15(3,4)5;/h19H,6-13H2,1-5H3,(H2,16,17,18);1H. The molecule has 20 heavy (non-hydrogen) atoms. The number of aliphatic imine (C=N–C) groups is 1. The highest BCUT2D eigenvalue weighted by molar-refractivity contribution is 14.0. The summed E-state index contributed by atoms with van der Waals surface area (Å²) < 4.78 is 0. The molecule has 0 aromatic heterocycles. The first-order valence-corrected chi connectivity index (χ1v) is 7.76. The molecule has 0 aliphatic carbocycles. The van der Waals surface area contributed by atoms with E-state index < -0.39 is 0 Å². The van der Waals surface area contributed by atoms with Gasteiger partial charge in [-0.3, -0.25) is 4.99 Å². The van der Waals surface area contributed by atoms with Crippen LogP contribution >= 0.6 is 24.0 Å². The van der Waals surface area contributed by atoms with Crippen molar-refractivity contribution >= 4 is 29.9 Å². The van der Waals surface area contributed by atoms with Gasteiger partial charge in [0, 0.05) is 31.7 Å². The van der Waals surface area contributed by atoms with Gasteiger partial charge in [0.15, 0.2) is 5.96 Å². The van der Waals surface area contributed by atoms with Crippen molar-refractivity contribution in [3.63, 3.8) is 0 Å². The Morgan fingerprint density at radius 3 is 2.20 bits per heavy atom. The van der Waals surface area contributed by atoms with Crippen molar-refractivity contribution in [3.8, 4) is 0 Å². The molecule has 5 heteroatoms. The average molecular weight is 398 g/mol. The van der Waals surface area contributed by atoms with Crippen LogP contribution in [0.25, 0.3) is 0 Å². The summed E-state index contributed by atoms with van der Waals surface area (Å²) in [4.78, 5) is 4.59. The Balaban J connectivity index is 0. The lowest BCUT2D eigenvalue weighted by atomic mass is 10.1. The molecule has 0 saturated heterocycles. The number of hydrogen-bond acceptors (Lipinski definition) is 2. The highest BCUT2D eigenvalue weighted by Gasteiger charge is 2.07. The second-order valence-electron chi connectivity index (χ2n) is 5.92. The minimum Gasteiger partial charge on any atom is -0.357 e. The third kappa shape index (κ3) is 16.0. The minimum atomic E-state index is 0. The van der Waals surface area contributed by atoms with Gasteiger partial charge in [-0.1, -0.05) is 26.2 Å². The molecule has 0 radical (unpaired) electrons. The summed E-state index contributed by atoms with van der Waals surface area (Å²) in [7, 11) is 0. The molecule has 0 saturated carbocycles. The van der Waals surface area contributed by atoms with Gasteiger partial charge in [0.2, 0.25) is 0 Å². The van der Waals surface area contributed by atoms with Gasteiger partial charge in [0.25, 0.3) is 0 Å². The fraction of sp³-hybridized carbons (Fsp3) is 0.933. The van der Waals surface area contributed by atoms with Crippen molar-refractivity contribution in [2.45, 2.75) is 65.8 Å². The summed E-state index contributed by atoms with van der Waals surface area (Å²) in [5, 5.41) is 10.1. The Morgan fingerprint density at radius 2 is 1.65 bits per heavy atom. The van der Waals surface area contributed by atoms with Crippen LogP contribution in [0.1, 0.15) is 60.3 Å². The summed E-state index contributed by atoms with van der Waals surface area (Å²) in [6, 6.07) is 0. The Morgan fingerprint density at radius 1 is 0.950 bits per heavy atom. The van der Waals surface area contributed by atoms with Crippen LogP contribution in [0.15, 0.2) is 4.99 Å². The second kappa shape index (κ2) is 13.9. The molecule has 0 spiro atoms. The van der Waals surface area contributed by atoms with E-state index in [1.807, 2.05) is 0 Å². The quantitative estimate of drug-likeness (QED) is 0.242. The predicted molar refractivity (Wildman–Crippen MR) is 101 cm³/mol. The van der Waals surface area contributed by atoms with E-state index in [9.17, 15) is 0 Å². The SMILES string of the molecule is CCCCCCN=C(NCC)NCCNC(C)(C)C.I. The van der Waals surface area contributed by atoms with E-state index in [1.54, 1.807) is 0 Å². The van der Waals surface area contributed by atoms with Crippen molar-refractivity contribution in [2.24, 2.45) is 4.99 Å². The topological polar surface area (TPSA) is 48.5 Å².